The Morgan fingerprint density at radius 1 is 0.927 bits per heavy atom. The van der Waals surface area contributed by atoms with Crippen LogP contribution in [0.1, 0.15) is 55.7 Å². The minimum Gasteiger partial charge on any atom is -0.352 e. The molecule has 1 atom stereocenters. The standard InChI is InChI=1S/C32H38BrN3O4S/c1-23-12-18-30(19-13-23)41(39,40)36(29-11-7-8-24(2)20-29)22-31(37)35(21-26-14-16-27(33)17-15-26)25(3)32(38)34-28-9-5-4-6-10-28/h7-8,11-20,25,28H,4-6,9-10,21-22H2,1-3H3,(H,34,38)/t25-/m0/s1. The maximum absolute atomic E-state index is 14.1. The molecule has 0 bridgehead atoms. The van der Waals surface area contributed by atoms with Crippen LogP contribution in [0.5, 0.6) is 0 Å². The van der Waals surface area contributed by atoms with Gasteiger partial charge < -0.3 is 10.2 Å². The lowest BCUT2D eigenvalue weighted by Gasteiger charge is -2.33. The van der Waals surface area contributed by atoms with Crippen LogP contribution in [0.4, 0.5) is 5.69 Å². The fourth-order valence-corrected chi connectivity index (χ4v) is 6.76. The molecule has 0 saturated heterocycles. The van der Waals surface area contributed by atoms with Gasteiger partial charge in [0, 0.05) is 17.1 Å². The molecule has 1 aliphatic carbocycles. The van der Waals surface area contributed by atoms with Gasteiger partial charge in [-0.05, 0) is 81.1 Å². The average Bonchev–Trinajstić information content (AvgIpc) is 2.95. The van der Waals surface area contributed by atoms with Gasteiger partial charge in [-0.3, -0.25) is 13.9 Å². The van der Waals surface area contributed by atoms with Crippen molar-refractivity contribution in [2.24, 2.45) is 0 Å². The molecule has 4 rings (SSSR count). The van der Waals surface area contributed by atoms with E-state index in [1.54, 1.807) is 49.4 Å². The number of aryl methyl sites for hydroxylation is 2. The molecule has 1 saturated carbocycles. The maximum Gasteiger partial charge on any atom is 0.264 e. The first kappa shape index (κ1) is 30.8. The third kappa shape index (κ3) is 7.98. The molecular weight excluding hydrogens is 602 g/mol. The summed E-state index contributed by atoms with van der Waals surface area (Å²) in [5.41, 5.74) is 3.02. The number of halogens is 1. The van der Waals surface area contributed by atoms with Crippen LogP contribution in [-0.2, 0) is 26.2 Å². The molecule has 2 amide bonds. The highest BCUT2D eigenvalue weighted by molar-refractivity contribution is 9.10. The van der Waals surface area contributed by atoms with E-state index < -0.39 is 28.5 Å². The lowest BCUT2D eigenvalue weighted by Crippen LogP contribution is -2.53. The molecule has 41 heavy (non-hydrogen) atoms. The Kier molecular flexibility index (Phi) is 10.3. The fourth-order valence-electron chi connectivity index (χ4n) is 5.09. The predicted octanol–water partition coefficient (Wildman–Crippen LogP) is 6.13. The number of carbonyl (C=O) groups is 2. The molecule has 218 valence electrons. The second-order valence-corrected chi connectivity index (χ2v) is 13.6. The fraction of sp³-hybridized carbons (Fsp3) is 0.375. The van der Waals surface area contributed by atoms with E-state index in [4.69, 9.17) is 0 Å². The summed E-state index contributed by atoms with van der Waals surface area (Å²) in [7, 11) is -4.08. The van der Waals surface area contributed by atoms with E-state index in [2.05, 4.69) is 21.2 Å². The van der Waals surface area contributed by atoms with Crippen LogP contribution in [0.25, 0.3) is 0 Å². The van der Waals surface area contributed by atoms with Crippen LogP contribution in [0.15, 0.2) is 82.2 Å². The van der Waals surface area contributed by atoms with Gasteiger partial charge in [0.1, 0.15) is 12.6 Å². The van der Waals surface area contributed by atoms with Crippen molar-refractivity contribution in [3.05, 3.63) is 94.0 Å². The Hall–Kier alpha value is -3.17. The molecular formula is C32H38BrN3O4S. The number of nitrogens with zero attached hydrogens (tertiary/aromatic N) is 2. The van der Waals surface area contributed by atoms with E-state index in [1.807, 2.05) is 44.2 Å². The molecule has 0 heterocycles. The average molecular weight is 641 g/mol. The largest absolute Gasteiger partial charge is 0.352 e. The van der Waals surface area contributed by atoms with Gasteiger partial charge in [0.15, 0.2) is 0 Å². The van der Waals surface area contributed by atoms with Crippen molar-refractivity contribution in [1.29, 1.82) is 0 Å². The molecule has 9 heteroatoms. The van der Waals surface area contributed by atoms with Crippen LogP contribution in [0, 0.1) is 13.8 Å². The SMILES string of the molecule is Cc1ccc(S(=O)(=O)N(CC(=O)N(Cc2ccc(Br)cc2)[C@@H](C)C(=O)NC2CCCCC2)c2cccc(C)c2)cc1. The minimum absolute atomic E-state index is 0.0917. The maximum atomic E-state index is 14.1. The van der Waals surface area contributed by atoms with Crippen LogP contribution >= 0.6 is 15.9 Å². The number of benzene rings is 3. The summed E-state index contributed by atoms with van der Waals surface area (Å²) in [5.74, 6) is -0.692. The lowest BCUT2D eigenvalue weighted by molar-refractivity contribution is -0.139. The van der Waals surface area contributed by atoms with E-state index in [-0.39, 0.29) is 23.4 Å². The molecule has 0 spiro atoms. The van der Waals surface area contributed by atoms with Gasteiger partial charge in [-0.25, -0.2) is 8.42 Å². The monoisotopic (exact) mass is 639 g/mol. The van der Waals surface area contributed by atoms with E-state index in [9.17, 15) is 18.0 Å². The summed E-state index contributed by atoms with van der Waals surface area (Å²) in [4.78, 5) is 29.1. The number of carbonyl (C=O) groups excluding carboxylic acids is 2. The minimum atomic E-state index is -4.08. The van der Waals surface area contributed by atoms with Gasteiger partial charge in [0.25, 0.3) is 10.0 Å². The van der Waals surface area contributed by atoms with E-state index in [0.717, 1.165) is 51.2 Å². The highest BCUT2D eigenvalue weighted by Crippen LogP contribution is 2.26. The quantitative estimate of drug-likeness (QED) is 0.289. The van der Waals surface area contributed by atoms with Crippen molar-refractivity contribution in [2.45, 2.75) is 76.4 Å². The third-order valence-electron chi connectivity index (χ3n) is 7.56. The summed E-state index contributed by atoms with van der Waals surface area (Å²) in [6.07, 6.45) is 5.16. The smallest absolute Gasteiger partial charge is 0.264 e. The molecule has 7 nitrogen and oxygen atoms in total. The molecule has 0 unspecified atom stereocenters. The molecule has 0 radical (unpaired) electrons. The summed E-state index contributed by atoms with van der Waals surface area (Å²) >= 11 is 3.44. The Labute approximate surface area is 252 Å². The first-order chi connectivity index (χ1) is 19.5. The molecule has 0 aromatic heterocycles. The predicted molar refractivity (Wildman–Crippen MR) is 166 cm³/mol. The van der Waals surface area contributed by atoms with Crippen molar-refractivity contribution in [1.82, 2.24) is 10.2 Å². The van der Waals surface area contributed by atoms with E-state index >= 15 is 0 Å². The lowest BCUT2D eigenvalue weighted by atomic mass is 9.95. The number of sulfonamides is 1. The Bertz CT molecular complexity index is 1450. The van der Waals surface area contributed by atoms with Gasteiger partial charge in [0.05, 0.1) is 10.6 Å². The molecule has 0 aliphatic heterocycles. The Morgan fingerprint density at radius 2 is 1.59 bits per heavy atom. The number of hydrogen-bond donors (Lipinski definition) is 1. The first-order valence-electron chi connectivity index (χ1n) is 14.0. The highest BCUT2D eigenvalue weighted by atomic mass is 79.9. The summed E-state index contributed by atoms with van der Waals surface area (Å²) < 4.78 is 29.9. The van der Waals surface area contributed by atoms with Crippen LogP contribution in [0.3, 0.4) is 0 Å². The normalized spacial score (nSPS) is 14.7. The zero-order chi connectivity index (χ0) is 29.6. The summed E-state index contributed by atoms with van der Waals surface area (Å²) in [6, 6.07) is 20.5. The zero-order valence-electron chi connectivity index (χ0n) is 23.8. The number of rotatable bonds is 10. The Balaban J connectivity index is 1.67. The van der Waals surface area contributed by atoms with Crippen molar-refractivity contribution >= 4 is 43.5 Å². The first-order valence-corrected chi connectivity index (χ1v) is 16.3. The number of nitrogens with one attached hydrogen (secondary N) is 1. The van der Waals surface area contributed by atoms with Crippen LogP contribution < -0.4 is 9.62 Å². The molecule has 3 aromatic rings. The molecule has 3 aromatic carbocycles. The third-order valence-corrected chi connectivity index (χ3v) is 9.88. The number of anilines is 1. The molecule has 1 N–H and O–H groups in total. The topological polar surface area (TPSA) is 86.8 Å². The van der Waals surface area contributed by atoms with Crippen molar-refractivity contribution in [2.75, 3.05) is 10.8 Å². The molecule has 1 aliphatic rings. The van der Waals surface area contributed by atoms with Gasteiger partial charge in [-0.2, -0.15) is 0 Å². The molecule has 1 fully saturated rings. The van der Waals surface area contributed by atoms with Gasteiger partial charge in [0.2, 0.25) is 11.8 Å². The number of amides is 2. The van der Waals surface area contributed by atoms with Crippen molar-refractivity contribution < 1.29 is 18.0 Å². The zero-order valence-corrected chi connectivity index (χ0v) is 26.2. The number of hydrogen-bond acceptors (Lipinski definition) is 4. The second-order valence-electron chi connectivity index (χ2n) is 10.8. The second kappa shape index (κ2) is 13.7. The van der Waals surface area contributed by atoms with Gasteiger partial charge in [-0.15, -0.1) is 0 Å². The van der Waals surface area contributed by atoms with E-state index in [0.29, 0.717) is 5.69 Å². The van der Waals surface area contributed by atoms with Gasteiger partial charge in [-0.1, -0.05) is 77.2 Å². The van der Waals surface area contributed by atoms with Crippen LogP contribution in [0.2, 0.25) is 0 Å². The summed E-state index contributed by atoms with van der Waals surface area (Å²) in [6.45, 7) is 5.19. The van der Waals surface area contributed by atoms with Crippen LogP contribution in [-0.4, -0.2) is 43.8 Å². The van der Waals surface area contributed by atoms with Crippen molar-refractivity contribution in [3.63, 3.8) is 0 Å². The van der Waals surface area contributed by atoms with Gasteiger partial charge >= 0.3 is 0 Å². The highest BCUT2D eigenvalue weighted by Gasteiger charge is 2.33. The van der Waals surface area contributed by atoms with E-state index in [1.165, 1.54) is 11.3 Å². The summed E-state index contributed by atoms with van der Waals surface area (Å²) in [5, 5.41) is 3.13. The van der Waals surface area contributed by atoms with Crippen molar-refractivity contribution in [3.8, 4) is 0 Å². The Morgan fingerprint density at radius 3 is 2.22 bits per heavy atom.